The van der Waals surface area contributed by atoms with E-state index in [1.54, 1.807) is 0 Å². The number of hydrogen-bond acceptors (Lipinski definition) is 2. The van der Waals surface area contributed by atoms with E-state index in [9.17, 15) is 9.90 Å². The van der Waals surface area contributed by atoms with E-state index in [2.05, 4.69) is 16.1 Å². The maximum absolute atomic E-state index is 11.3. The maximum Gasteiger partial charge on any atom is 0.327 e. The van der Waals surface area contributed by atoms with E-state index < -0.39 is 22.9 Å². The Labute approximate surface area is 102 Å². The van der Waals surface area contributed by atoms with Crippen LogP contribution in [0.1, 0.15) is 10.8 Å². The fourth-order valence-electron chi connectivity index (χ4n) is 2.38. The van der Waals surface area contributed by atoms with Gasteiger partial charge in [0.25, 0.3) is 0 Å². The minimum atomic E-state index is -0.776. The van der Waals surface area contributed by atoms with E-state index in [4.69, 9.17) is 0 Å². The Morgan fingerprint density at radius 3 is 2.65 bits per heavy atom. The molecule has 88 valence electrons. The van der Waals surface area contributed by atoms with Crippen LogP contribution in [-0.4, -0.2) is 17.1 Å². The van der Waals surface area contributed by atoms with Gasteiger partial charge in [0.05, 0.1) is 5.25 Å². The summed E-state index contributed by atoms with van der Waals surface area (Å²) in [5.41, 5.74) is 2.09. The van der Waals surface area contributed by atoms with E-state index >= 15 is 0 Å². The zero-order valence-electron chi connectivity index (χ0n) is 9.08. The number of carboxylic acids is 1. The van der Waals surface area contributed by atoms with Crippen LogP contribution in [0.15, 0.2) is 47.2 Å². The number of nitrogens with one attached hydrogen (secondary N) is 1. The van der Waals surface area contributed by atoms with Crippen molar-refractivity contribution in [2.24, 2.45) is 0 Å². The van der Waals surface area contributed by atoms with Crippen LogP contribution >= 0.6 is 10.9 Å². The van der Waals surface area contributed by atoms with Gasteiger partial charge in [0.15, 0.2) is 0 Å². The molecule has 2 N–H and O–H groups in total. The summed E-state index contributed by atoms with van der Waals surface area (Å²) in [5.74, 6) is -0.776. The molecule has 17 heavy (non-hydrogen) atoms. The summed E-state index contributed by atoms with van der Waals surface area (Å²) < 4.78 is 0. The lowest BCUT2D eigenvalue weighted by Crippen LogP contribution is -2.29. The van der Waals surface area contributed by atoms with Crippen molar-refractivity contribution in [2.45, 2.75) is 11.3 Å². The van der Waals surface area contributed by atoms with E-state index in [0.717, 1.165) is 11.3 Å². The van der Waals surface area contributed by atoms with E-state index in [1.165, 1.54) is 0 Å². The van der Waals surface area contributed by atoms with Gasteiger partial charge in [-0.15, -0.1) is 0 Å². The fourth-order valence-corrected chi connectivity index (χ4v) is 4.53. The summed E-state index contributed by atoms with van der Waals surface area (Å²) in [4.78, 5) is 11.3. The van der Waals surface area contributed by atoms with Crippen molar-refractivity contribution in [3.05, 3.63) is 52.8 Å². The Balaban J connectivity index is 2.04. The van der Waals surface area contributed by atoms with Gasteiger partial charge < -0.3 is 10.4 Å². The monoisotopic (exact) mass is 247 g/mol. The molecule has 1 aromatic carbocycles. The number of rotatable bonds is 2. The first kappa shape index (κ1) is 10.5. The Hall–Kier alpha value is -1.68. The molecule has 0 spiro atoms. The van der Waals surface area contributed by atoms with Gasteiger partial charge >= 0.3 is 5.97 Å². The van der Waals surface area contributed by atoms with E-state index in [-0.39, 0.29) is 5.25 Å². The van der Waals surface area contributed by atoms with Gasteiger partial charge in [-0.3, -0.25) is 0 Å². The van der Waals surface area contributed by atoms with Crippen LogP contribution in [0.5, 0.6) is 0 Å². The number of carbonyl (C=O) groups is 1. The highest BCUT2D eigenvalue weighted by molar-refractivity contribution is 8.22. The number of benzene rings is 1. The molecule has 0 saturated carbocycles. The van der Waals surface area contributed by atoms with Crippen LogP contribution in [0.2, 0.25) is 0 Å². The van der Waals surface area contributed by atoms with Crippen molar-refractivity contribution in [2.75, 3.05) is 5.32 Å². The first-order valence-electron chi connectivity index (χ1n) is 5.48. The first-order chi connectivity index (χ1) is 8.27. The van der Waals surface area contributed by atoms with Crippen molar-refractivity contribution in [1.29, 1.82) is 0 Å². The average molecular weight is 247 g/mol. The number of para-hydroxylation sites is 1. The van der Waals surface area contributed by atoms with Crippen LogP contribution in [-0.2, 0) is 4.79 Å². The van der Waals surface area contributed by atoms with Crippen molar-refractivity contribution < 1.29 is 9.90 Å². The summed E-state index contributed by atoms with van der Waals surface area (Å²) in [6.45, 7) is 0. The third-order valence-corrected chi connectivity index (χ3v) is 5.37. The van der Waals surface area contributed by atoms with Crippen LogP contribution in [0, 0.1) is 0 Å². The van der Waals surface area contributed by atoms with Crippen molar-refractivity contribution in [3.8, 4) is 0 Å². The predicted molar refractivity (Wildman–Crippen MR) is 71.5 cm³/mol. The third-order valence-electron chi connectivity index (χ3n) is 3.12. The quantitative estimate of drug-likeness (QED) is 0.704. The average Bonchev–Trinajstić information content (AvgIpc) is 2.94. The first-order valence-corrected chi connectivity index (χ1v) is 7.03. The number of carboxylic acid groups (broad SMARTS) is 1. The summed E-state index contributed by atoms with van der Waals surface area (Å²) >= 11 is 0. The highest BCUT2D eigenvalue weighted by atomic mass is 32.2. The lowest BCUT2D eigenvalue weighted by Gasteiger charge is -2.23. The van der Waals surface area contributed by atoms with Crippen molar-refractivity contribution in [3.63, 3.8) is 0 Å². The number of thiol groups is 1. The molecular weight excluding hydrogens is 234 g/mol. The molecule has 3 nitrogen and oxygen atoms in total. The summed E-state index contributed by atoms with van der Waals surface area (Å²) in [5, 5.41) is 16.7. The van der Waals surface area contributed by atoms with Crippen LogP contribution < -0.4 is 5.32 Å². The minimum Gasteiger partial charge on any atom is -0.480 e. The molecule has 0 saturated heterocycles. The van der Waals surface area contributed by atoms with Crippen molar-refractivity contribution in [1.82, 2.24) is 0 Å². The highest BCUT2D eigenvalue weighted by Crippen LogP contribution is 2.54. The summed E-state index contributed by atoms with van der Waals surface area (Å²) in [6.07, 6.45) is 4.01. The number of allylic oxidation sites excluding steroid dienone is 2. The third kappa shape index (κ3) is 1.65. The SMILES string of the molecule is O=C(O)C1Nc2ccccc2C1[SH]1C=CC=C1. The standard InChI is InChI=1S/C13H13NO2S/c15-13(16)11-12(17-7-3-4-8-17)9-5-1-2-6-10(9)14-11/h1-8,11-12,14,17H,(H,15,16). The molecule has 2 aliphatic rings. The largest absolute Gasteiger partial charge is 0.480 e. The molecule has 2 aliphatic heterocycles. The molecule has 0 aromatic heterocycles. The Morgan fingerprint density at radius 2 is 1.94 bits per heavy atom. The smallest absolute Gasteiger partial charge is 0.327 e. The zero-order valence-corrected chi connectivity index (χ0v) is 9.97. The maximum atomic E-state index is 11.3. The molecule has 2 heterocycles. The van der Waals surface area contributed by atoms with Gasteiger partial charge in [-0.25, -0.2) is 15.7 Å². The van der Waals surface area contributed by atoms with E-state index in [1.807, 2.05) is 36.4 Å². The number of aliphatic carboxylic acids is 1. The minimum absolute atomic E-state index is 0.0497. The molecule has 1 aromatic rings. The lowest BCUT2D eigenvalue weighted by molar-refractivity contribution is -0.137. The molecule has 3 rings (SSSR count). The molecular formula is C13H13NO2S. The number of anilines is 1. The topological polar surface area (TPSA) is 49.3 Å². The van der Waals surface area contributed by atoms with Crippen LogP contribution in [0.25, 0.3) is 0 Å². The normalized spacial score (nSPS) is 26.9. The van der Waals surface area contributed by atoms with Gasteiger partial charge in [-0.2, -0.15) is 0 Å². The molecule has 0 radical (unpaired) electrons. The second-order valence-electron chi connectivity index (χ2n) is 4.12. The van der Waals surface area contributed by atoms with E-state index in [0.29, 0.717) is 0 Å². The van der Waals surface area contributed by atoms with Crippen molar-refractivity contribution >= 4 is 22.6 Å². The second kappa shape index (κ2) is 3.96. The summed E-state index contributed by atoms with van der Waals surface area (Å²) in [7, 11) is -0.509. The number of fused-ring (bicyclic) bond motifs is 1. The molecule has 0 bridgehead atoms. The van der Waals surface area contributed by atoms with Gasteiger partial charge in [0.2, 0.25) is 0 Å². The molecule has 4 heteroatoms. The van der Waals surface area contributed by atoms with Crippen LogP contribution in [0.4, 0.5) is 5.69 Å². The molecule has 2 atom stereocenters. The summed E-state index contributed by atoms with van der Waals surface area (Å²) in [6, 6.07) is 7.37. The zero-order chi connectivity index (χ0) is 11.8. The Morgan fingerprint density at radius 1 is 1.24 bits per heavy atom. The number of hydrogen-bond donors (Lipinski definition) is 3. The second-order valence-corrected chi connectivity index (χ2v) is 6.17. The van der Waals surface area contributed by atoms with Crippen LogP contribution in [0.3, 0.4) is 0 Å². The fraction of sp³-hybridized carbons (Fsp3) is 0.154. The molecule has 0 fully saturated rings. The Bertz CT molecular complexity index is 512. The lowest BCUT2D eigenvalue weighted by atomic mass is 10.1. The Kier molecular flexibility index (Phi) is 2.44. The predicted octanol–water partition coefficient (Wildman–Crippen LogP) is 2.65. The molecule has 0 amide bonds. The van der Waals surface area contributed by atoms with Gasteiger partial charge in [-0.05, 0) is 22.4 Å². The van der Waals surface area contributed by atoms with Gasteiger partial charge in [-0.1, -0.05) is 30.4 Å². The molecule has 2 unspecified atom stereocenters. The van der Waals surface area contributed by atoms with Gasteiger partial charge in [0.1, 0.15) is 6.04 Å². The molecule has 0 aliphatic carbocycles. The van der Waals surface area contributed by atoms with Gasteiger partial charge in [0, 0.05) is 5.69 Å². The highest BCUT2D eigenvalue weighted by Gasteiger charge is 2.39.